The van der Waals surface area contributed by atoms with Crippen LogP contribution in [0.2, 0.25) is 0 Å². The normalized spacial score (nSPS) is 17.6. The molecule has 0 aromatic heterocycles. The Kier molecular flexibility index (Phi) is 7.21. The summed E-state index contributed by atoms with van der Waals surface area (Å²) in [6, 6.07) is 4.24. The fraction of sp³-hybridized carbons (Fsp3) is 0.526. The van der Waals surface area contributed by atoms with E-state index in [2.05, 4.69) is 11.8 Å². The Morgan fingerprint density at radius 3 is 2.85 bits per heavy atom. The van der Waals surface area contributed by atoms with Crippen LogP contribution < -0.4 is 0 Å². The topological polar surface area (TPSA) is 83.9 Å². The molecule has 1 saturated heterocycles. The third-order valence-electron chi connectivity index (χ3n) is 4.33. The minimum absolute atomic E-state index is 0.119. The molecule has 0 bridgehead atoms. The first kappa shape index (κ1) is 20.4. The smallest absolute Gasteiger partial charge is 0.324 e. The summed E-state index contributed by atoms with van der Waals surface area (Å²) >= 11 is 0. The van der Waals surface area contributed by atoms with Crippen LogP contribution in [0.5, 0.6) is 0 Å². The molecule has 2 rings (SSSR count). The van der Waals surface area contributed by atoms with E-state index in [1.165, 1.54) is 11.4 Å². The maximum atomic E-state index is 13.1. The van der Waals surface area contributed by atoms with E-state index in [0.717, 1.165) is 12.0 Å². The summed E-state index contributed by atoms with van der Waals surface area (Å²) in [5.41, 5.74) is 1.35. The number of hydrogen-bond donors (Lipinski definition) is 1. The molecular formula is C19H25NO5S. The highest BCUT2D eigenvalue weighted by molar-refractivity contribution is 7.89. The van der Waals surface area contributed by atoms with Crippen molar-refractivity contribution in [3.63, 3.8) is 0 Å². The predicted octanol–water partition coefficient (Wildman–Crippen LogP) is 1.84. The number of sulfonamides is 1. The first-order valence-electron chi connectivity index (χ1n) is 8.72. The molecule has 0 amide bonds. The molecule has 1 fully saturated rings. The van der Waals surface area contributed by atoms with Gasteiger partial charge in [0.15, 0.2) is 0 Å². The highest BCUT2D eigenvalue weighted by Gasteiger charge is 2.40. The number of carbonyl (C=O) groups is 1. The molecule has 7 heteroatoms. The van der Waals surface area contributed by atoms with Crippen molar-refractivity contribution in [1.29, 1.82) is 0 Å². The van der Waals surface area contributed by atoms with Crippen molar-refractivity contribution in [2.45, 2.75) is 50.0 Å². The van der Waals surface area contributed by atoms with Gasteiger partial charge < -0.3 is 9.84 Å². The Labute approximate surface area is 155 Å². The number of carbonyl (C=O) groups excluding carboxylic acids is 1. The van der Waals surface area contributed by atoms with E-state index in [0.29, 0.717) is 37.8 Å². The Hall–Kier alpha value is -1.88. The molecule has 1 heterocycles. The van der Waals surface area contributed by atoms with Crippen molar-refractivity contribution in [3.05, 3.63) is 29.3 Å². The summed E-state index contributed by atoms with van der Waals surface area (Å²) in [5, 5.41) is 8.81. The monoisotopic (exact) mass is 379 g/mol. The van der Waals surface area contributed by atoms with Crippen LogP contribution in [-0.4, -0.2) is 50.1 Å². The zero-order chi connectivity index (χ0) is 19.2. The van der Waals surface area contributed by atoms with E-state index in [-0.39, 0.29) is 11.5 Å². The fourth-order valence-electron chi connectivity index (χ4n) is 2.98. The third-order valence-corrected chi connectivity index (χ3v) is 6.30. The quantitative estimate of drug-likeness (QED) is 0.463. The average Bonchev–Trinajstić information content (AvgIpc) is 3.11. The molecule has 1 aliphatic heterocycles. The first-order valence-corrected chi connectivity index (χ1v) is 10.2. The second kappa shape index (κ2) is 9.17. The van der Waals surface area contributed by atoms with Crippen LogP contribution in [0.25, 0.3) is 0 Å². The fourth-order valence-corrected chi connectivity index (χ4v) is 4.75. The largest absolute Gasteiger partial charge is 0.468 e. The zero-order valence-corrected chi connectivity index (χ0v) is 16.0. The number of aryl methyl sites for hydroxylation is 1. The Morgan fingerprint density at radius 2 is 2.15 bits per heavy atom. The summed E-state index contributed by atoms with van der Waals surface area (Å²) in [5.74, 6) is 5.39. The lowest BCUT2D eigenvalue weighted by Gasteiger charge is -2.22. The van der Waals surface area contributed by atoms with Gasteiger partial charge in [-0.1, -0.05) is 17.9 Å². The number of aliphatic hydroxyl groups is 1. The number of rotatable bonds is 6. The molecule has 142 valence electrons. The predicted molar refractivity (Wildman–Crippen MR) is 97.9 cm³/mol. The summed E-state index contributed by atoms with van der Waals surface area (Å²) in [6.07, 6.45) is 3.09. The Balaban J connectivity index is 2.35. The number of unbranched alkanes of at least 4 members (excludes halogenated alkanes) is 2. The van der Waals surface area contributed by atoms with Gasteiger partial charge in [-0.15, -0.1) is 0 Å². The molecule has 0 saturated carbocycles. The van der Waals surface area contributed by atoms with Gasteiger partial charge >= 0.3 is 5.97 Å². The van der Waals surface area contributed by atoms with Gasteiger partial charge in [0, 0.05) is 25.1 Å². The van der Waals surface area contributed by atoms with Gasteiger partial charge in [-0.05, 0) is 50.3 Å². The zero-order valence-electron chi connectivity index (χ0n) is 15.2. The van der Waals surface area contributed by atoms with Crippen LogP contribution in [0, 0.1) is 18.8 Å². The van der Waals surface area contributed by atoms with Gasteiger partial charge in [-0.3, -0.25) is 4.79 Å². The second-order valence-corrected chi connectivity index (χ2v) is 8.14. The minimum Gasteiger partial charge on any atom is -0.468 e. The molecule has 0 radical (unpaired) electrons. The Morgan fingerprint density at radius 1 is 1.38 bits per heavy atom. The molecule has 1 N–H and O–H groups in total. The van der Waals surface area contributed by atoms with Crippen molar-refractivity contribution >= 4 is 16.0 Å². The van der Waals surface area contributed by atoms with Crippen molar-refractivity contribution in [2.75, 3.05) is 20.3 Å². The van der Waals surface area contributed by atoms with Gasteiger partial charge in [-0.25, -0.2) is 8.42 Å². The molecule has 1 aromatic rings. The lowest BCUT2D eigenvalue weighted by atomic mass is 10.1. The van der Waals surface area contributed by atoms with E-state index in [1.54, 1.807) is 18.2 Å². The van der Waals surface area contributed by atoms with Crippen molar-refractivity contribution < 1.29 is 23.1 Å². The van der Waals surface area contributed by atoms with Crippen LogP contribution in [0.15, 0.2) is 23.1 Å². The van der Waals surface area contributed by atoms with Crippen molar-refractivity contribution in [2.24, 2.45) is 0 Å². The highest BCUT2D eigenvalue weighted by atomic mass is 32.2. The summed E-state index contributed by atoms with van der Waals surface area (Å²) in [4.78, 5) is 12.1. The molecule has 1 atom stereocenters. The molecule has 0 spiro atoms. The van der Waals surface area contributed by atoms with Crippen LogP contribution >= 0.6 is 0 Å². The summed E-state index contributed by atoms with van der Waals surface area (Å²) in [6.45, 7) is 2.29. The number of hydrogen-bond acceptors (Lipinski definition) is 5. The standard InChI is InChI=1S/C19H25NO5S/c1-15-10-11-18(16(14-15)8-5-3-4-6-13-21)26(23,24)20-12-7-9-17(20)19(22)25-2/h10-11,14,17,21H,3-4,6-7,9,12-13H2,1-2H3/t17-/m0/s1. The SMILES string of the molecule is COC(=O)[C@@H]1CCCN1S(=O)(=O)c1ccc(C)cc1C#CCCCCO. The summed E-state index contributed by atoms with van der Waals surface area (Å²) < 4.78 is 32.3. The van der Waals surface area contributed by atoms with Crippen molar-refractivity contribution in [3.8, 4) is 11.8 Å². The highest BCUT2D eigenvalue weighted by Crippen LogP contribution is 2.29. The van der Waals surface area contributed by atoms with Crippen molar-refractivity contribution in [1.82, 2.24) is 4.31 Å². The van der Waals surface area contributed by atoms with E-state index in [9.17, 15) is 13.2 Å². The minimum atomic E-state index is -3.85. The van der Waals surface area contributed by atoms with Crippen LogP contribution in [0.3, 0.4) is 0 Å². The van der Waals surface area contributed by atoms with Gasteiger partial charge in [0.2, 0.25) is 10.0 Å². The molecule has 0 unspecified atom stereocenters. The number of aliphatic hydroxyl groups excluding tert-OH is 1. The van der Waals surface area contributed by atoms with E-state index in [4.69, 9.17) is 9.84 Å². The lowest BCUT2D eigenvalue weighted by Crippen LogP contribution is -2.41. The van der Waals surface area contributed by atoms with Gasteiger partial charge in [0.1, 0.15) is 6.04 Å². The maximum absolute atomic E-state index is 13.1. The summed E-state index contributed by atoms with van der Waals surface area (Å²) in [7, 11) is -2.58. The van der Waals surface area contributed by atoms with Crippen LogP contribution in [-0.2, 0) is 19.6 Å². The first-order chi connectivity index (χ1) is 12.4. The van der Waals surface area contributed by atoms with Crippen LogP contribution in [0.4, 0.5) is 0 Å². The third kappa shape index (κ3) is 4.64. The number of nitrogens with zero attached hydrogens (tertiary/aromatic N) is 1. The van der Waals surface area contributed by atoms with Gasteiger partial charge in [0.05, 0.1) is 12.0 Å². The molecule has 26 heavy (non-hydrogen) atoms. The van der Waals surface area contributed by atoms with Crippen LogP contribution in [0.1, 0.15) is 43.2 Å². The van der Waals surface area contributed by atoms with Gasteiger partial charge in [0.25, 0.3) is 0 Å². The Bertz CT molecular complexity index is 807. The number of benzene rings is 1. The van der Waals surface area contributed by atoms with E-state index in [1.807, 2.05) is 6.92 Å². The van der Waals surface area contributed by atoms with Gasteiger partial charge in [-0.2, -0.15) is 4.31 Å². The number of ether oxygens (including phenoxy) is 1. The molecule has 6 nitrogen and oxygen atoms in total. The second-order valence-electron chi connectivity index (χ2n) is 6.28. The molecule has 1 aromatic carbocycles. The molecule has 1 aliphatic rings. The average molecular weight is 379 g/mol. The molecular weight excluding hydrogens is 354 g/mol. The number of esters is 1. The number of methoxy groups -OCH3 is 1. The molecule has 0 aliphatic carbocycles. The maximum Gasteiger partial charge on any atom is 0.324 e. The van der Waals surface area contributed by atoms with E-state index >= 15 is 0 Å². The van der Waals surface area contributed by atoms with E-state index < -0.39 is 22.0 Å². The lowest BCUT2D eigenvalue weighted by molar-refractivity contribution is -0.144.